The van der Waals surface area contributed by atoms with Crippen LogP contribution in [0.1, 0.15) is 12.8 Å². The molecule has 2 aliphatic heterocycles. The summed E-state index contributed by atoms with van der Waals surface area (Å²) in [7, 11) is -3.16. The molecule has 11 heteroatoms. The van der Waals surface area contributed by atoms with Crippen molar-refractivity contribution in [2.45, 2.75) is 18.9 Å². The topological polar surface area (TPSA) is 106 Å². The van der Waals surface area contributed by atoms with Gasteiger partial charge in [-0.05, 0) is 25.0 Å². The molecule has 0 aromatic carbocycles. The number of aromatic nitrogens is 1. The highest BCUT2D eigenvalue weighted by Gasteiger charge is 2.39. The summed E-state index contributed by atoms with van der Waals surface area (Å²) in [4.78, 5) is 34.0. The van der Waals surface area contributed by atoms with Crippen LogP contribution in [0.15, 0.2) is 18.3 Å². The summed E-state index contributed by atoms with van der Waals surface area (Å²) in [5.41, 5.74) is 0.556. The molecule has 0 atom stereocenters. The molecule has 0 spiro atoms. The van der Waals surface area contributed by atoms with Gasteiger partial charge in [0.05, 0.1) is 24.8 Å². The lowest BCUT2D eigenvalue weighted by atomic mass is 10.3. The standard InChI is InChI=1S/C17H24N6O4S/c1-28(26,27)22-8-6-20(7-9-22)15-5-2-13(10-18-15)19-17(25)21-11-16(24)23(12-21)14-3-4-14/h2,5,10,14H,3-4,6-9,11-12H2,1H3,(H,19,25). The predicted molar refractivity (Wildman–Crippen MR) is 103 cm³/mol. The van der Waals surface area contributed by atoms with E-state index in [1.807, 2.05) is 4.90 Å². The monoisotopic (exact) mass is 408 g/mol. The van der Waals surface area contributed by atoms with Crippen molar-refractivity contribution in [3.63, 3.8) is 0 Å². The SMILES string of the molecule is CS(=O)(=O)N1CCN(c2ccc(NC(=O)N3CC(=O)N(C4CC4)C3)cn2)CC1. The summed E-state index contributed by atoms with van der Waals surface area (Å²) in [5, 5.41) is 2.78. The van der Waals surface area contributed by atoms with E-state index in [-0.39, 0.29) is 18.5 Å². The molecule has 0 unspecified atom stereocenters. The number of amides is 3. The van der Waals surface area contributed by atoms with Crippen molar-refractivity contribution in [1.29, 1.82) is 0 Å². The van der Waals surface area contributed by atoms with Crippen LogP contribution in [0.3, 0.4) is 0 Å². The van der Waals surface area contributed by atoms with Crippen LogP contribution in [-0.2, 0) is 14.8 Å². The zero-order valence-electron chi connectivity index (χ0n) is 15.7. The fourth-order valence-corrected chi connectivity index (χ4v) is 4.33. The third-order valence-corrected chi connectivity index (χ3v) is 6.58. The minimum atomic E-state index is -3.16. The van der Waals surface area contributed by atoms with Crippen LogP contribution >= 0.6 is 0 Å². The minimum absolute atomic E-state index is 0.000594. The Morgan fingerprint density at radius 1 is 1.18 bits per heavy atom. The molecule has 1 aliphatic carbocycles. The average Bonchev–Trinajstić information content (AvgIpc) is 3.43. The van der Waals surface area contributed by atoms with Gasteiger partial charge in [-0.2, -0.15) is 4.31 Å². The predicted octanol–water partition coefficient (Wildman–Crippen LogP) is -0.0408. The van der Waals surface area contributed by atoms with Crippen LogP contribution in [0.5, 0.6) is 0 Å². The maximum atomic E-state index is 12.4. The third-order valence-electron chi connectivity index (χ3n) is 5.28. The second-order valence-corrected chi connectivity index (χ2v) is 9.40. The molecule has 10 nitrogen and oxygen atoms in total. The molecule has 3 heterocycles. The molecule has 4 rings (SSSR count). The molecule has 2 saturated heterocycles. The molecule has 28 heavy (non-hydrogen) atoms. The first-order chi connectivity index (χ1) is 13.3. The molecule has 1 N–H and O–H groups in total. The fraction of sp³-hybridized carbons (Fsp3) is 0.588. The molecular formula is C17H24N6O4S. The third kappa shape index (κ3) is 4.04. The van der Waals surface area contributed by atoms with Gasteiger partial charge in [0, 0.05) is 32.2 Å². The van der Waals surface area contributed by atoms with Crippen molar-refractivity contribution in [1.82, 2.24) is 19.1 Å². The van der Waals surface area contributed by atoms with Crippen molar-refractivity contribution < 1.29 is 18.0 Å². The first kappa shape index (κ1) is 18.9. The highest BCUT2D eigenvalue weighted by atomic mass is 32.2. The van der Waals surface area contributed by atoms with Crippen LogP contribution in [0.2, 0.25) is 0 Å². The quantitative estimate of drug-likeness (QED) is 0.749. The van der Waals surface area contributed by atoms with Crippen molar-refractivity contribution in [2.24, 2.45) is 0 Å². The highest BCUT2D eigenvalue weighted by Crippen LogP contribution is 2.29. The van der Waals surface area contributed by atoms with Gasteiger partial charge in [-0.15, -0.1) is 0 Å². The summed E-state index contributed by atoms with van der Waals surface area (Å²) in [6.45, 7) is 2.44. The van der Waals surface area contributed by atoms with Crippen LogP contribution < -0.4 is 10.2 Å². The van der Waals surface area contributed by atoms with E-state index in [0.29, 0.717) is 44.6 Å². The molecule has 1 aromatic rings. The van der Waals surface area contributed by atoms with Gasteiger partial charge in [0.1, 0.15) is 12.4 Å². The van der Waals surface area contributed by atoms with Crippen molar-refractivity contribution >= 4 is 33.5 Å². The zero-order chi connectivity index (χ0) is 19.9. The summed E-state index contributed by atoms with van der Waals surface area (Å²) in [6.07, 6.45) is 4.83. The number of carbonyl (C=O) groups is 2. The molecule has 0 bridgehead atoms. The second kappa shape index (κ2) is 7.21. The van der Waals surface area contributed by atoms with Gasteiger partial charge in [-0.3, -0.25) is 9.69 Å². The van der Waals surface area contributed by atoms with Crippen LogP contribution in [0.25, 0.3) is 0 Å². The number of pyridine rings is 1. The maximum Gasteiger partial charge on any atom is 0.323 e. The molecule has 0 radical (unpaired) electrons. The van der Waals surface area contributed by atoms with Gasteiger partial charge in [-0.25, -0.2) is 18.2 Å². The average molecular weight is 408 g/mol. The smallest absolute Gasteiger partial charge is 0.323 e. The number of carbonyl (C=O) groups excluding carboxylic acids is 2. The number of hydrogen-bond donors (Lipinski definition) is 1. The lowest BCUT2D eigenvalue weighted by molar-refractivity contribution is -0.127. The van der Waals surface area contributed by atoms with Crippen molar-refractivity contribution in [3.05, 3.63) is 18.3 Å². The number of nitrogens with one attached hydrogen (secondary N) is 1. The Hall–Kier alpha value is -2.40. The summed E-state index contributed by atoms with van der Waals surface area (Å²) < 4.78 is 24.6. The summed E-state index contributed by atoms with van der Waals surface area (Å²) >= 11 is 0. The van der Waals surface area contributed by atoms with Gasteiger partial charge in [0.2, 0.25) is 15.9 Å². The normalized spacial score (nSPS) is 21.3. The van der Waals surface area contributed by atoms with Gasteiger partial charge in [0.15, 0.2) is 0 Å². The number of rotatable bonds is 4. The van der Waals surface area contributed by atoms with E-state index in [2.05, 4.69) is 10.3 Å². The van der Waals surface area contributed by atoms with Crippen LogP contribution in [0.4, 0.5) is 16.3 Å². The van der Waals surface area contributed by atoms with Crippen molar-refractivity contribution in [3.8, 4) is 0 Å². The number of urea groups is 1. The highest BCUT2D eigenvalue weighted by molar-refractivity contribution is 7.88. The molecule has 152 valence electrons. The van der Waals surface area contributed by atoms with Gasteiger partial charge in [0.25, 0.3) is 0 Å². The van der Waals surface area contributed by atoms with E-state index < -0.39 is 10.0 Å². The Morgan fingerprint density at radius 2 is 1.89 bits per heavy atom. The largest absolute Gasteiger partial charge is 0.354 e. The number of hydrogen-bond acceptors (Lipinski definition) is 6. The Labute approximate surface area is 164 Å². The second-order valence-electron chi connectivity index (χ2n) is 7.42. The molecule has 3 aliphatic rings. The van der Waals surface area contributed by atoms with E-state index in [0.717, 1.165) is 18.7 Å². The number of anilines is 2. The Bertz CT molecular complexity index is 862. The number of nitrogens with zero attached hydrogens (tertiary/aromatic N) is 5. The lowest BCUT2D eigenvalue weighted by Crippen LogP contribution is -2.48. The zero-order valence-corrected chi connectivity index (χ0v) is 16.6. The molecule has 1 aromatic heterocycles. The molecule has 3 fully saturated rings. The minimum Gasteiger partial charge on any atom is -0.354 e. The van der Waals surface area contributed by atoms with Gasteiger partial charge < -0.3 is 15.1 Å². The van der Waals surface area contributed by atoms with E-state index >= 15 is 0 Å². The lowest BCUT2D eigenvalue weighted by Gasteiger charge is -2.34. The molecule has 1 saturated carbocycles. The van der Waals surface area contributed by atoms with Gasteiger partial charge in [-0.1, -0.05) is 0 Å². The first-order valence-corrected chi connectivity index (χ1v) is 11.2. The fourth-order valence-electron chi connectivity index (χ4n) is 3.51. The Balaban J connectivity index is 1.31. The van der Waals surface area contributed by atoms with E-state index in [9.17, 15) is 18.0 Å². The van der Waals surface area contributed by atoms with Crippen LogP contribution in [0, 0.1) is 0 Å². The first-order valence-electron chi connectivity index (χ1n) is 9.33. The van der Waals surface area contributed by atoms with Crippen LogP contribution in [-0.4, -0.2) is 91.1 Å². The van der Waals surface area contributed by atoms with E-state index in [1.165, 1.54) is 15.5 Å². The Kier molecular flexibility index (Phi) is 4.88. The van der Waals surface area contributed by atoms with Gasteiger partial charge >= 0.3 is 6.03 Å². The van der Waals surface area contributed by atoms with E-state index in [1.54, 1.807) is 23.2 Å². The van der Waals surface area contributed by atoms with Crippen molar-refractivity contribution in [2.75, 3.05) is 55.9 Å². The maximum absolute atomic E-state index is 12.4. The number of piperazine rings is 1. The summed E-state index contributed by atoms with van der Waals surface area (Å²) in [5.74, 6) is 0.738. The molecule has 3 amide bonds. The van der Waals surface area contributed by atoms with E-state index in [4.69, 9.17) is 0 Å². The number of sulfonamides is 1. The molecular weight excluding hydrogens is 384 g/mol. The Morgan fingerprint density at radius 3 is 2.46 bits per heavy atom. The summed E-state index contributed by atoms with van der Waals surface area (Å²) in [6, 6.07) is 3.55.